The third-order valence-electron chi connectivity index (χ3n) is 3.74. The van der Waals surface area contributed by atoms with E-state index in [2.05, 4.69) is 4.72 Å². The van der Waals surface area contributed by atoms with E-state index in [1.807, 2.05) is 6.92 Å². The van der Waals surface area contributed by atoms with Gasteiger partial charge in [-0.1, -0.05) is 29.8 Å². The van der Waals surface area contributed by atoms with Crippen molar-refractivity contribution in [1.82, 2.24) is 5.32 Å². The largest absolute Gasteiger partial charge is 0.405 e. The Morgan fingerprint density at radius 3 is 2.15 bits per heavy atom. The van der Waals surface area contributed by atoms with Crippen molar-refractivity contribution < 1.29 is 26.4 Å². The van der Waals surface area contributed by atoms with Crippen LogP contribution in [0.2, 0.25) is 0 Å². The van der Waals surface area contributed by atoms with E-state index in [4.69, 9.17) is 0 Å². The van der Waals surface area contributed by atoms with Gasteiger partial charge in [-0.15, -0.1) is 0 Å². The van der Waals surface area contributed by atoms with E-state index in [0.717, 1.165) is 5.56 Å². The molecular formula is C18H19F3N2O3S. The molecule has 0 saturated heterocycles. The van der Waals surface area contributed by atoms with Crippen LogP contribution in [0.1, 0.15) is 27.0 Å². The number of rotatable bonds is 5. The molecule has 27 heavy (non-hydrogen) atoms. The van der Waals surface area contributed by atoms with Gasteiger partial charge in [0.25, 0.3) is 15.9 Å². The molecule has 2 aromatic rings. The highest BCUT2D eigenvalue weighted by Crippen LogP contribution is 2.26. The van der Waals surface area contributed by atoms with Crippen molar-refractivity contribution in [3.63, 3.8) is 0 Å². The first-order chi connectivity index (χ1) is 12.4. The van der Waals surface area contributed by atoms with Crippen LogP contribution < -0.4 is 10.0 Å². The number of para-hydroxylation sites is 1. The first kappa shape index (κ1) is 20.8. The number of benzene rings is 2. The van der Waals surface area contributed by atoms with Crippen LogP contribution in [0.25, 0.3) is 0 Å². The van der Waals surface area contributed by atoms with Crippen molar-refractivity contribution >= 4 is 21.6 Å². The highest BCUT2D eigenvalue weighted by molar-refractivity contribution is 7.92. The van der Waals surface area contributed by atoms with Crippen LogP contribution in [0, 0.1) is 20.8 Å². The molecule has 0 aromatic heterocycles. The van der Waals surface area contributed by atoms with E-state index in [-0.39, 0.29) is 16.1 Å². The number of anilines is 1. The third-order valence-corrected chi connectivity index (χ3v) is 5.41. The molecule has 0 bridgehead atoms. The van der Waals surface area contributed by atoms with Crippen molar-refractivity contribution in [1.29, 1.82) is 0 Å². The van der Waals surface area contributed by atoms with Gasteiger partial charge >= 0.3 is 6.18 Å². The number of carbonyl (C=O) groups is 1. The Labute approximate surface area is 155 Å². The topological polar surface area (TPSA) is 75.3 Å². The quantitative estimate of drug-likeness (QED) is 0.804. The van der Waals surface area contributed by atoms with Crippen LogP contribution >= 0.6 is 0 Å². The molecule has 5 nitrogen and oxygen atoms in total. The molecule has 0 radical (unpaired) electrons. The molecule has 2 aromatic carbocycles. The summed E-state index contributed by atoms with van der Waals surface area (Å²) in [6, 6.07) is 8.90. The SMILES string of the molecule is Cc1cc(C)c(S(=O)(=O)Nc2ccccc2C(=O)NCC(F)(F)F)c(C)c1. The van der Waals surface area contributed by atoms with Gasteiger partial charge in [-0.25, -0.2) is 8.42 Å². The fourth-order valence-corrected chi connectivity index (χ4v) is 4.37. The van der Waals surface area contributed by atoms with Gasteiger partial charge in [0.05, 0.1) is 16.1 Å². The summed E-state index contributed by atoms with van der Waals surface area (Å²) >= 11 is 0. The maximum Gasteiger partial charge on any atom is 0.405 e. The van der Waals surface area contributed by atoms with Crippen molar-refractivity contribution in [2.24, 2.45) is 0 Å². The molecule has 0 heterocycles. The summed E-state index contributed by atoms with van der Waals surface area (Å²) in [7, 11) is -4.04. The molecular weight excluding hydrogens is 381 g/mol. The molecule has 9 heteroatoms. The monoisotopic (exact) mass is 400 g/mol. The number of hydrogen-bond acceptors (Lipinski definition) is 3. The zero-order valence-electron chi connectivity index (χ0n) is 14.9. The minimum Gasteiger partial charge on any atom is -0.343 e. The Morgan fingerprint density at radius 1 is 1.04 bits per heavy atom. The minimum absolute atomic E-state index is 0.0682. The number of amides is 1. The predicted molar refractivity (Wildman–Crippen MR) is 96.3 cm³/mol. The van der Waals surface area contributed by atoms with Crippen molar-refractivity contribution in [2.75, 3.05) is 11.3 Å². The molecule has 2 N–H and O–H groups in total. The normalized spacial score (nSPS) is 11.9. The average molecular weight is 400 g/mol. The Balaban J connectivity index is 2.37. The second-order valence-corrected chi connectivity index (χ2v) is 7.80. The lowest BCUT2D eigenvalue weighted by Gasteiger charge is -2.16. The summed E-state index contributed by atoms with van der Waals surface area (Å²) in [4.78, 5) is 12.1. The number of halogens is 3. The van der Waals surface area contributed by atoms with Crippen LogP contribution in [0.15, 0.2) is 41.3 Å². The number of alkyl halides is 3. The maximum absolute atomic E-state index is 12.8. The van der Waals surface area contributed by atoms with E-state index in [0.29, 0.717) is 11.1 Å². The van der Waals surface area contributed by atoms with Gasteiger partial charge in [0.1, 0.15) is 6.54 Å². The predicted octanol–water partition coefficient (Wildman–Crippen LogP) is 3.70. The van der Waals surface area contributed by atoms with Gasteiger partial charge in [-0.2, -0.15) is 13.2 Å². The van der Waals surface area contributed by atoms with Crippen LogP contribution in [0.3, 0.4) is 0 Å². The molecule has 0 saturated carbocycles. The van der Waals surface area contributed by atoms with Crippen LogP contribution in [0.5, 0.6) is 0 Å². The summed E-state index contributed by atoms with van der Waals surface area (Å²) in [5.74, 6) is -1.03. The molecule has 0 atom stereocenters. The first-order valence-electron chi connectivity index (χ1n) is 7.95. The lowest BCUT2D eigenvalue weighted by atomic mass is 10.1. The van der Waals surface area contributed by atoms with E-state index < -0.39 is 28.7 Å². The van der Waals surface area contributed by atoms with E-state index in [9.17, 15) is 26.4 Å². The summed E-state index contributed by atoms with van der Waals surface area (Å²) in [6.45, 7) is 3.63. The molecule has 0 aliphatic heterocycles. The standard InChI is InChI=1S/C18H19F3N2O3S/c1-11-8-12(2)16(13(3)9-11)27(25,26)23-15-7-5-4-6-14(15)17(24)22-10-18(19,20)21/h4-9,23H,10H2,1-3H3,(H,22,24). The fourth-order valence-electron chi connectivity index (χ4n) is 2.83. The molecule has 0 fully saturated rings. The van der Waals surface area contributed by atoms with Gasteiger partial charge in [-0.05, 0) is 44.0 Å². The second kappa shape index (κ2) is 7.59. The van der Waals surface area contributed by atoms with Crippen molar-refractivity contribution in [2.45, 2.75) is 31.8 Å². The fraction of sp³-hybridized carbons (Fsp3) is 0.278. The molecule has 0 aliphatic rings. The number of aryl methyl sites for hydroxylation is 3. The van der Waals surface area contributed by atoms with Gasteiger partial charge in [-0.3, -0.25) is 9.52 Å². The molecule has 1 amide bonds. The van der Waals surface area contributed by atoms with E-state index in [1.165, 1.54) is 24.3 Å². The highest BCUT2D eigenvalue weighted by atomic mass is 32.2. The van der Waals surface area contributed by atoms with Crippen LogP contribution in [0.4, 0.5) is 18.9 Å². The second-order valence-electron chi connectivity index (χ2n) is 6.18. The van der Waals surface area contributed by atoms with Crippen LogP contribution in [-0.4, -0.2) is 27.0 Å². The lowest BCUT2D eigenvalue weighted by Crippen LogP contribution is -2.34. The minimum atomic E-state index is -4.57. The van der Waals surface area contributed by atoms with Crippen molar-refractivity contribution in [3.8, 4) is 0 Å². The molecule has 2 rings (SSSR count). The van der Waals surface area contributed by atoms with Gasteiger partial charge in [0.15, 0.2) is 0 Å². The Hall–Kier alpha value is -2.55. The Kier molecular flexibility index (Phi) is 5.84. The van der Waals surface area contributed by atoms with E-state index in [1.54, 1.807) is 31.3 Å². The van der Waals surface area contributed by atoms with Gasteiger partial charge < -0.3 is 5.32 Å². The number of hydrogen-bond donors (Lipinski definition) is 2. The summed E-state index contributed by atoms with van der Waals surface area (Å²) in [5, 5.41) is 1.74. The Bertz CT molecular complexity index is 947. The lowest BCUT2D eigenvalue weighted by molar-refractivity contribution is -0.123. The summed E-state index contributed by atoms with van der Waals surface area (Å²) in [6.07, 6.45) is -4.57. The number of nitrogens with one attached hydrogen (secondary N) is 2. The molecule has 0 spiro atoms. The first-order valence-corrected chi connectivity index (χ1v) is 9.43. The molecule has 0 aliphatic carbocycles. The average Bonchev–Trinajstić information content (AvgIpc) is 2.50. The Morgan fingerprint density at radius 2 is 1.59 bits per heavy atom. The maximum atomic E-state index is 12.8. The number of carbonyl (C=O) groups excluding carboxylic acids is 1. The summed E-state index contributed by atoms with van der Waals surface area (Å²) < 4.78 is 64.9. The van der Waals surface area contributed by atoms with Crippen LogP contribution in [-0.2, 0) is 10.0 Å². The van der Waals surface area contributed by atoms with Gasteiger partial charge in [0, 0.05) is 0 Å². The summed E-state index contributed by atoms with van der Waals surface area (Å²) in [5.41, 5.74) is 1.65. The zero-order valence-corrected chi connectivity index (χ0v) is 15.8. The molecule has 146 valence electrons. The zero-order chi connectivity index (χ0) is 20.4. The van der Waals surface area contributed by atoms with E-state index >= 15 is 0 Å². The smallest absolute Gasteiger partial charge is 0.343 e. The van der Waals surface area contributed by atoms with Crippen molar-refractivity contribution in [3.05, 3.63) is 58.7 Å². The highest BCUT2D eigenvalue weighted by Gasteiger charge is 2.29. The molecule has 0 unspecified atom stereocenters. The third kappa shape index (κ3) is 5.22. The van der Waals surface area contributed by atoms with Gasteiger partial charge in [0.2, 0.25) is 0 Å². The number of sulfonamides is 1.